The molecular formula is C17H19F3N4O2. The zero-order chi connectivity index (χ0) is 18.9. The molecule has 9 heteroatoms. The maximum absolute atomic E-state index is 13.6. The molecule has 140 valence electrons. The molecule has 26 heavy (non-hydrogen) atoms. The molecule has 1 fully saturated rings. The minimum atomic E-state index is -4.75. The number of aryl methyl sites for hydroxylation is 1. The monoisotopic (exact) mass is 368 g/mol. The molecule has 1 aromatic heterocycles. The SMILES string of the molecule is Cc1ccccc1-n1ncc(C(=O)NCC2CNCC2O)c1C(F)(F)F. The summed E-state index contributed by atoms with van der Waals surface area (Å²) < 4.78 is 41.6. The van der Waals surface area contributed by atoms with Crippen LogP contribution in [0.15, 0.2) is 30.5 Å². The van der Waals surface area contributed by atoms with E-state index in [1.807, 2.05) is 0 Å². The molecule has 2 heterocycles. The van der Waals surface area contributed by atoms with Gasteiger partial charge in [-0.1, -0.05) is 18.2 Å². The number of carbonyl (C=O) groups is 1. The lowest BCUT2D eigenvalue weighted by atomic mass is 10.1. The number of aliphatic hydroxyl groups is 1. The number of aliphatic hydroxyl groups excluding tert-OH is 1. The normalized spacial score (nSPS) is 20.3. The van der Waals surface area contributed by atoms with Gasteiger partial charge < -0.3 is 15.7 Å². The van der Waals surface area contributed by atoms with Crippen LogP contribution in [0.4, 0.5) is 13.2 Å². The summed E-state index contributed by atoms with van der Waals surface area (Å²) in [5.41, 5.74) is -0.793. The Bertz CT molecular complexity index is 804. The van der Waals surface area contributed by atoms with Crippen LogP contribution >= 0.6 is 0 Å². The lowest BCUT2D eigenvalue weighted by molar-refractivity contribution is -0.143. The van der Waals surface area contributed by atoms with Gasteiger partial charge in [0.1, 0.15) is 0 Å². The van der Waals surface area contributed by atoms with E-state index < -0.39 is 29.4 Å². The smallest absolute Gasteiger partial charge is 0.391 e. The van der Waals surface area contributed by atoms with Crippen molar-refractivity contribution in [2.24, 2.45) is 5.92 Å². The Morgan fingerprint density at radius 3 is 2.73 bits per heavy atom. The number of β-amino-alcohol motifs (C(OH)–C–C–N with tert-alkyl or cyclic N) is 1. The van der Waals surface area contributed by atoms with Crippen molar-refractivity contribution in [3.05, 3.63) is 47.3 Å². The van der Waals surface area contributed by atoms with Crippen LogP contribution in [0, 0.1) is 12.8 Å². The maximum Gasteiger partial charge on any atom is 0.434 e. The number of hydrogen-bond donors (Lipinski definition) is 3. The fraction of sp³-hybridized carbons (Fsp3) is 0.412. The third-order valence-electron chi connectivity index (χ3n) is 4.45. The molecule has 1 saturated heterocycles. The second-order valence-electron chi connectivity index (χ2n) is 6.30. The van der Waals surface area contributed by atoms with E-state index in [1.54, 1.807) is 25.1 Å². The number of aromatic nitrogens is 2. The number of carbonyl (C=O) groups excluding carboxylic acids is 1. The molecule has 2 unspecified atom stereocenters. The predicted molar refractivity (Wildman–Crippen MR) is 88.0 cm³/mol. The van der Waals surface area contributed by atoms with Gasteiger partial charge in [0.05, 0.1) is 23.6 Å². The molecular weight excluding hydrogens is 349 g/mol. The Kier molecular flexibility index (Phi) is 5.01. The summed E-state index contributed by atoms with van der Waals surface area (Å²) in [6.45, 7) is 2.65. The van der Waals surface area contributed by atoms with E-state index in [0.29, 0.717) is 18.7 Å². The van der Waals surface area contributed by atoms with Crippen molar-refractivity contribution in [2.45, 2.75) is 19.2 Å². The fourth-order valence-electron chi connectivity index (χ4n) is 3.02. The number of amides is 1. The van der Waals surface area contributed by atoms with Gasteiger partial charge in [0.25, 0.3) is 5.91 Å². The van der Waals surface area contributed by atoms with Crippen LogP contribution in [0.5, 0.6) is 0 Å². The van der Waals surface area contributed by atoms with E-state index in [-0.39, 0.29) is 18.2 Å². The highest BCUT2D eigenvalue weighted by atomic mass is 19.4. The van der Waals surface area contributed by atoms with Crippen LogP contribution in [0.25, 0.3) is 5.69 Å². The van der Waals surface area contributed by atoms with Crippen LogP contribution in [0.3, 0.4) is 0 Å². The highest BCUT2D eigenvalue weighted by molar-refractivity contribution is 5.95. The topological polar surface area (TPSA) is 79.2 Å². The molecule has 2 aromatic rings. The zero-order valence-corrected chi connectivity index (χ0v) is 14.0. The second-order valence-corrected chi connectivity index (χ2v) is 6.30. The summed E-state index contributed by atoms with van der Waals surface area (Å²) in [4.78, 5) is 12.3. The number of alkyl halides is 3. The molecule has 0 spiro atoms. The van der Waals surface area contributed by atoms with Crippen LogP contribution in [-0.4, -0.2) is 46.5 Å². The highest BCUT2D eigenvalue weighted by Crippen LogP contribution is 2.34. The van der Waals surface area contributed by atoms with Crippen LogP contribution < -0.4 is 10.6 Å². The number of para-hydroxylation sites is 1. The van der Waals surface area contributed by atoms with E-state index in [4.69, 9.17) is 0 Å². The lowest BCUT2D eigenvalue weighted by Gasteiger charge is -2.16. The van der Waals surface area contributed by atoms with Crippen LogP contribution in [0.2, 0.25) is 0 Å². The van der Waals surface area contributed by atoms with Gasteiger partial charge in [-0.15, -0.1) is 0 Å². The van der Waals surface area contributed by atoms with E-state index in [9.17, 15) is 23.1 Å². The number of benzene rings is 1. The number of nitrogens with one attached hydrogen (secondary N) is 2. The molecule has 0 bridgehead atoms. The van der Waals surface area contributed by atoms with Gasteiger partial charge in [-0.05, 0) is 18.6 Å². The van der Waals surface area contributed by atoms with Gasteiger partial charge in [0.2, 0.25) is 0 Å². The Morgan fingerprint density at radius 2 is 2.12 bits per heavy atom. The average molecular weight is 368 g/mol. The fourth-order valence-corrected chi connectivity index (χ4v) is 3.02. The van der Waals surface area contributed by atoms with E-state index >= 15 is 0 Å². The first-order valence-corrected chi connectivity index (χ1v) is 8.17. The van der Waals surface area contributed by atoms with Crippen molar-refractivity contribution in [1.29, 1.82) is 0 Å². The second kappa shape index (κ2) is 7.08. The summed E-state index contributed by atoms with van der Waals surface area (Å²) in [7, 11) is 0. The highest BCUT2D eigenvalue weighted by Gasteiger charge is 2.41. The molecule has 1 aliphatic rings. The zero-order valence-electron chi connectivity index (χ0n) is 14.0. The summed E-state index contributed by atoms with van der Waals surface area (Å²) >= 11 is 0. The van der Waals surface area contributed by atoms with Gasteiger partial charge in [-0.3, -0.25) is 4.79 Å². The number of halogens is 3. The maximum atomic E-state index is 13.6. The third-order valence-corrected chi connectivity index (χ3v) is 4.45. The summed E-state index contributed by atoms with van der Waals surface area (Å²) in [6, 6.07) is 6.51. The molecule has 3 N–H and O–H groups in total. The first-order chi connectivity index (χ1) is 12.3. The van der Waals surface area contributed by atoms with E-state index in [0.717, 1.165) is 10.9 Å². The molecule has 1 aromatic carbocycles. The molecule has 2 atom stereocenters. The molecule has 6 nitrogen and oxygen atoms in total. The number of hydrogen-bond acceptors (Lipinski definition) is 4. The average Bonchev–Trinajstić information content (AvgIpc) is 3.19. The van der Waals surface area contributed by atoms with Crippen LogP contribution in [-0.2, 0) is 6.18 Å². The Balaban J connectivity index is 1.90. The standard InChI is InChI=1S/C17H19F3N4O2/c1-10-4-2-3-5-13(10)24-15(17(18,19)20)12(8-23-24)16(26)22-7-11-6-21-9-14(11)25/h2-5,8,11,14,21,25H,6-7,9H2,1H3,(H,22,26). The minimum Gasteiger partial charge on any atom is -0.391 e. The molecule has 0 radical (unpaired) electrons. The lowest BCUT2D eigenvalue weighted by Crippen LogP contribution is -2.35. The Hall–Kier alpha value is -2.39. The van der Waals surface area contributed by atoms with Crippen molar-refractivity contribution >= 4 is 5.91 Å². The first-order valence-electron chi connectivity index (χ1n) is 8.17. The van der Waals surface area contributed by atoms with Gasteiger partial charge in [0.15, 0.2) is 5.69 Å². The summed E-state index contributed by atoms with van der Waals surface area (Å²) in [5.74, 6) is -1.10. The number of nitrogens with zero attached hydrogens (tertiary/aromatic N) is 2. The Labute approximate surface area is 148 Å². The van der Waals surface area contributed by atoms with Crippen molar-refractivity contribution < 1.29 is 23.1 Å². The molecule has 3 rings (SSSR count). The number of rotatable bonds is 4. The predicted octanol–water partition coefficient (Wildman–Crippen LogP) is 1.51. The molecule has 1 aliphatic heterocycles. The minimum absolute atomic E-state index is 0.0832. The van der Waals surface area contributed by atoms with Crippen molar-refractivity contribution in [2.75, 3.05) is 19.6 Å². The summed E-state index contributed by atoms with van der Waals surface area (Å²) in [6.07, 6.45) is -4.46. The van der Waals surface area contributed by atoms with E-state index in [2.05, 4.69) is 15.7 Å². The van der Waals surface area contributed by atoms with Gasteiger partial charge in [-0.25, -0.2) is 4.68 Å². The Morgan fingerprint density at radius 1 is 1.38 bits per heavy atom. The van der Waals surface area contributed by atoms with Crippen molar-refractivity contribution in [3.63, 3.8) is 0 Å². The van der Waals surface area contributed by atoms with Crippen molar-refractivity contribution in [3.8, 4) is 5.69 Å². The van der Waals surface area contributed by atoms with Crippen molar-refractivity contribution in [1.82, 2.24) is 20.4 Å². The molecule has 0 aliphatic carbocycles. The first kappa shape index (κ1) is 18.4. The molecule has 0 saturated carbocycles. The third kappa shape index (κ3) is 3.58. The quantitative estimate of drug-likeness (QED) is 0.764. The molecule has 1 amide bonds. The summed E-state index contributed by atoms with van der Waals surface area (Å²) in [5, 5.41) is 19.0. The van der Waals surface area contributed by atoms with E-state index in [1.165, 1.54) is 6.07 Å². The van der Waals surface area contributed by atoms with Gasteiger partial charge in [0, 0.05) is 25.6 Å². The largest absolute Gasteiger partial charge is 0.434 e. The van der Waals surface area contributed by atoms with Crippen LogP contribution in [0.1, 0.15) is 21.6 Å². The van der Waals surface area contributed by atoms with Gasteiger partial charge >= 0.3 is 6.18 Å². The van der Waals surface area contributed by atoms with Gasteiger partial charge in [-0.2, -0.15) is 18.3 Å².